The van der Waals surface area contributed by atoms with Crippen LogP contribution in [-0.4, -0.2) is 25.7 Å². The van der Waals surface area contributed by atoms with Crippen LogP contribution in [0.1, 0.15) is 13.3 Å². The summed E-state index contributed by atoms with van der Waals surface area (Å²) in [5, 5.41) is 13.1. The summed E-state index contributed by atoms with van der Waals surface area (Å²) in [4.78, 5) is 2.32. The minimum atomic E-state index is 0.235. The Morgan fingerprint density at radius 2 is 2.33 bits per heavy atom. The Labute approximate surface area is 113 Å². The Balaban J connectivity index is 2.16. The second kappa shape index (κ2) is 6.08. The van der Waals surface area contributed by atoms with Crippen LogP contribution in [0, 0.1) is 17.2 Å². The third kappa shape index (κ3) is 3.38. The average molecular weight is 264 g/mol. The third-order valence-corrected chi connectivity index (χ3v) is 3.47. The first-order valence-corrected chi connectivity index (χ1v) is 6.67. The molecule has 0 saturated carbocycles. The standard InChI is InChI=1S/C14H18ClN3/c1-11-8-17-13(5-6-16)10-18(9-11)14-4-2-3-12(15)7-14/h2-4,7,11,13,17H,5,8-10H2,1H3. The molecular formula is C14H18ClN3. The molecule has 2 atom stereocenters. The van der Waals surface area contributed by atoms with Crippen molar-refractivity contribution < 1.29 is 0 Å². The molecule has 1 heterocycles. The SMILES string of the molecule is CC1CNC(CC#N)CN(c2cccc(Cl)c2)C1. The van der Waals surface area contributed by atoms with E-state index in [-0.39, 0.29) is 6.04 Å². The zero-order valence-electron chi connectivity index (χ0n) is 10.6. The lowest BCUT2D eigenvalue weighted by Gasteiger charge is -2.26. The summed E-state index contributed by atoms with van der Waals surface area (Å²) < 4.78 is 0. The number of benzene rings is 1. The number of nitriles is 1. The molecule has 1 aromatic rings. The predicted molar refractivity (Wildman–Crippen MR) is 74.8 cm³/mol. The van der Waals surface area contributed by atoms with Crippen LogP contribution in [-0.2, 0) is 0 Å². The van der Waals surface area contributed by atoms with Gasteiger partial charge >= 0.3 is 0 Å². The van der Waals surface area contributed by atoms with E-state index in [2.05, 4.69) is 29.3 Å². The van der Waals surface area contributed by atoms with Gasteiger partial charge in [0, 0.05) is 29.8 Å². The molecule has 4 heteroatoms. The van der Waals surface area contributed by atoms with Crippen LogP contribution >= 0.6 is 11.6 Å². The maximum Gasteiger partial charge on any atom is 0.0638 e. The van der Waals surface area contributed by atoms with Crippen LogP contribution < -0.4 is 10.2 Å². The molecule has 18 heavy (non-hydrogen) atoms. The van der Waals surface area contributed by atoms with Crippen LogP contribution in [0.3, 0.4) is 0 Å². The molecular weight excluding hydrogens is 246 g/mol. The van der Waals surface area contributed by atoms with Gasteiger partial charge in [-0.2, -0.15) is 5.26 Å². The molecule has 0 aliphatic carbocycles. The van der Waals surface area contributed by atoms with Crippen molar-refractivity contribution in [1.82, 2.24) is 5.32 Å². The van der Waals surface area contributed by atoms with Crippen molar-refractivity contribution in [2.45, 2.75) is 19.4 Å². The van der Waals surface area contributed by atoms with Crippen LogP contribution in [0.4, 0.5) is 5.69 Å². The summed E-state index contributed by atoms with van der Waals surface area (Å²) >= 11 is 6.04. The monoisotopic (exact) mass is 263 g/mol. The predicted octanol–water partition coefficient (Wildman–Crippen LogP) is 2.67. The van der Waals surface area contributed by atoms with Gasteiger partial charge in [0.25, 0.3) is 0 Å². The largest absolute Gasteiger partial charge is 0.370 e. The fourth-order valence-electron chi connectivity index (χ4n) is 2.34. The maximum atomic E-state index is 8.85. The number of nitrogens with one attached hydrogen (secondary N) is 1. The lowest BCUT2D eigenvalue weighted by Crippen LogP contribution is -2.37. The second-order valence-corrected chi connectivity index (χ2v) is 5.39. The van der Waals surface area contributed by atoms with E-state index < -0.39 is 0 Å². The van der Waals surface area contributed by atoms with E-state index >= 15 is 0 Å². The van der Waals surface area contributed by atoms with Crippen molar-refractivity contribution >= 4 is 17.3 Å². The van der Waals surface area contributed by atoms with Gasteiger partial charge in [-0.15, -0.1) is 0 Å². The molecule has 1 aliphatic heterocycles. The van der Waals surface area contributed by atoms with E-state index in [0.717, 1.165) is 30.3 Å². The molecule has 3 nitrogen and oxygen atoms in total. The molecule has 0 bridgehead atoms. The van der Waals surface area contributed by atoms with E-state index in [1.807, 2.05) is 18.2 Å². The number of halogens is 1. The van der Waals surface area contributed by atoms with Crippen molar-refractivity contribution in [1.29, 1.82) is 5.26 Å². The molecule has 0 amide bonds. The van der Waals surface area contributed by atoms with E-state index in [0.29, 0.717) is 12.3 Å². The summed E-state index contributed by atoms with van der Waals surface area (Å²) in [6.45, 7) is 5.04. The normalized spacial score (nSPS) is 24.4. The molecule has 1 aromatic carbocycles. The molecule has 1 fully saturated rings. The molecule has 0 radical (unpaired) electrons. The van der Waals surface area contributed by atoms with E-state index in [1.54, 1.807) is 0 Å². The quantitative estimate of drug-likeness (QED) is 0.892. The first kappa shape index (κ1) is 13.2. The zero-order chi connectivity index (χ0) is 13.0. The summed E-state index contributed by atoms with van der Waals surface area (Å²) in [6.07, 6.45) is 0.545. The van der Waals surface area contributed by atoms with E-state index in [1.165, 1.54) is 0 Å². The highest BCUT2D eigenvalue weighted by molar-refractivity contribution is 6.30. The highest BCUT2D eigenvalue weighted by Crippen LogP contribution is 2.22. The highest BCUT2D eigenvalue weighted by Gasteiger charge is 2.21. The van der Waals surface area contributed by atoms with Gasteiger partial charge < -0.3 is 10.2 Å². The van der Waals surface area contributed by atoms with Crippen molar-refractivity contribution in [2.75, 3.05) is 24.5 Å². The molecule has 1 saturated heterocycles. The van der Waals surface area contributed by atoms with Crippen LogP contribution in [0.15, 0.2) is 24.3 Å². The Hall–Kier alpha value is -1.24. The van der Waals surface area contributed by atoms with Gasteiger partial charge in [0.05, 0.1) is 12.5 Å². The molecule has 0 aromatic heterocycles. The Morgan fingerprint density at radius 3 is 3.06 bits per heavy atom. The van der Waals surface area contributed by atoms with Gasteiger partial charge in [-0.1, -0.05) is 24.6 Å². The third-order valence-electron chi connectivity index (χ3n) is 3.24. The molecule has 2 rings (SSSR count). The number of rotatable bonds is 2. The molecule has 1 N–H and O–H groups in total. The number of anilines is 1. The van der Waals surface area contributed by atoms with Gasteiger partial charge in [-0.25, -0.2) is 0 Å². The van der Waals surface area contributed by atoms with Crippen molar-refractivity contribution in [3.8, 4) is 6.07 Å². The van der Waals surface area contributed by atoms with Gasteiger partial charge in [0.2, 0.25) is 0 Å². The molecule has 96 valence electrons. The summed E-state index contributed by atoms with van der Waals surface area (Å²) in [6, 6.07) is 10.4. The average Bonchev–Trinajstić information content (AvgIpc) is 2.52. The fourth-order valence-corrected chi connectivity index (χ4v) is 2.53. The number of nitrogens with zero attached hydrogens (tertiary/aromatic N) is 2. The fraction of sp³-hybridized carbons (Fsp3) is 0.500. The van der Waals surface area contributed by atoms with E-state index in [9.17, 15) is 0 Å². The Kier molecular flexibility index (Phi) is 4.46. The maximum absolute atomic E-state index is 8.85. The summed E-state index contributed by atoms with van der Waals surface area (Å²) in [5.41, 5.74) is 1.14. The highest BCUT2D eigenvalue weighted by atomic mass is 35.5. The van der Waals surface area contributed by atoms with Crippen LogP contribution in [0.5, 0.6) is 0 Å². The minimum Gasteiger partial charge on any atom is -0.370 e. The van der Waals surface area contributed by atoms with Gasteiger partial charge in [0.15, 0.2) is 0 Å². The summed E-state index contributed by atoms with van der Waals surface area (Å²) in [7, 11) is 0. The molecule has 1 aliphatic rings. The van der Waals surface area contributed by atoms with Crippen LogP contribution in [0.25, 0.3) is 0 Å². The van der Waals surface area contributed by atoms with Gasteiger partial charge in [-0.05, 0) is 30.7 Å². The minimum absolute atomic E-state index is 0.235. The number of hydrogen-bond donors (Lipinski definition) is 1. The first-order chi connectivity index (χ1) is 8.69. The van der Waals surface area contributed by atoms with Gasteiger partial charge in [0.1, 0.15) is 0 Å². The molecule has 0 spiro atoms. The molecule has 2 unspecified atom stereocenters. The Bertz CT molecular complexity index is 441. The van der Waals surface area contributed by atoms with Crippen LogP contribution in [0.2, 0.25) is 5.02 Å². The topological polar surface area (TPSA) is 39.1 Å². The first-order valence-electron chi connectivity index (χ1n) is 6.30. The zero-order valence-corrected chi connectivity index (χ0v) is 11.3. The van der Waals surface area contributed by atoms with Crippen molar-refractivity contribution in [2.24, 2.45) is 5.92 Å². The van der Waals surface area contributed by atoms with Crippen molar-refractivity contribution in [3.63, 3.8) is 0 Å². The lowest BCUT2D eigenvalue weighted by atomic mass is 10.1. The Morgan fingerprint density at radius 1 is 1.50 bits per heavy atom. The lowest BCUT2D eigenvalue weighted by molar-refractivity contribution is 0.509. The summed E-state index contributed by atoms with van der Waals surface area (Å²) in [5.74, 6) is 0.563. The van der Waals surface area contributed by atoms with Gasteiger partial charge in [-0.3, -0.25) is 0 Å². The number of hydrogen-bond acceptors (Lipinski definition) is 3. The second-order valence-electron chi connectivity index (χ2n) is 4.96. The smallest absolute Gasteiger partial charge is 0.0638 e. The van der Waals surface area contributed by atoms with Crippen molar-refractivity contribution in [3.05, 3.63) is 29.3 Å². The van der Waals surface area contributed by atoms with E-state index in [4.69, 9.17) is 16.9 Å².